The average molecular weight is 248 g/mol. The first-order chi connectivity index (χ1) is 5.97. The van der Waals surface area contributed by atoms with Gasteiger partial charge in [-0.25, -0.2) is 4.99 Å². The Balaban J connectivity index is 4.55. The number of rotatable bonds is 3. The minimum absolute atomic E-state index is 0.123. The molecule has 0 aromatic heterocycles. The zero-order valence-electron chi connectivity index (χ0n) is 8.02. The predicted molar refractivity (Wildman–Crippen MR) is 57.9 cm³/mol. The van der Waals surface area contributed by atoms with Crippen LogP contribution >= 0.6 is 15.9 Å². The van der Waals surface area contributed by atoms with Crippen molar-refractivity contribution < 1.29 is 4.79 Å². The molecule has 0 aromatic rings. The molecule has 5 heteroatoms. The number of Topliss-reactive ketones (excluding diaryl/α,β-unsaturated/α-hetero) is 1. The Kier molecular flexibility index (Phi) is 5.53. The third-order valence-corrected chi connectivity index (χ3v) is 1.60. The van der Waals surface area contributed by atoms with Crippen molar-refractivity contribution in [3.05, 3.63) is 0 Å². The van der Waals surface area contributed by atoms with Crippen LogP contribution in [0.1, 0.15) is 20.8 Å². The summed E-state index contributed by atoms with van der Waals surface area (Å²) >= 11 is 3.05. The molecule has 0 fully saturated rings. The number of aliphatic imine (C=N–C) groups is 1. The number of hydrogen-bond acceptors (Lipinski definition) is 2. The number of hydrogen-bond donors (Lipinski definition) is 2. The fraction of sp³-hybridized carbons (Fsp3) is 0.625. The fourth-order valence-corrected chi connectivity index (χ4v) is 0.945. The molecule has 4 nitrogen and oxygen atoms in total. The van der Waals surface area contributed by atoms with Crippen LogP contribution in [0.3, 0.4) is 0 Å². The quantitative estimate of drug-likeness (QED) is 0.449. The predicted octanol–water partition coefficient (Wildman–Crippen LogP) is 1.34. The zero-order valence-corrected chi connectivity index (χ0v) is 9.60. The molecule has 0 aliphatic rings. The van der Waals surface area contributed by atoms with Gasteiger partial charge in [0.2, 0.25) is 5.78 Å². The number of nitrogens with zero attached hydrogens (tertiary/aromatic N) is 1. The molecule has 0 aliphatic heterocycles. The zero-order chi connectivity index (χ0) is 10.4. The summed E-state index contributed by atoms with van der Waals surface area (Å²) in [6, 6.07) is 0.140. The van der Waals surface area contributed by atoms with Crippen molar-refractivity contribution in [2.24, 2.45) is 4.99 Å². The molecular weight excluding hydrogens is 234 g/mol. The Morgan fingerprint density at radius 1 is 1.62 bits per heavy atom. The van der Waals surface area contributed by atoms with Gasteiger partial charge in [0.1, 0.15) is 5.84 Å². The topological polar surface area (TPSA) is 65.3 Å². The van der Waals surface area contributed by atoms with Crippen LogP contribution in [-0.4, -0.2) is 28.8 Å². The Labute approximate surface area is 86.5 Å². The van der Waals surface area contributed by atoms with Crippen molar-refractivity contribution in [2.45, 2.75) is 26.8 Å². The molecule has 0 saturated carbocycles. The molecule has 0 atom stereocenters. The summed E-state index contributed by atoms with van der Waals surface area (Å²) in [6.07, 6.45) is 0. The second-order valence-corrected chi connectivity index (χ2v) is 3.46. The molecule has 0 aliphatic carbocycles. The first kappa shape index (κ1) is 12.3. The van der Waals surface area contributed by atoms with Gasteiger partial charge in [0.05, 0.1) is 5.33 Å². The molecular formula is C8H14BrN3O. The number of carbonyl (C=O) groups excluding carboxylic acids is 1. The lowest BCUT2D eigenvalue weighted by Gasteiger charge is -2.10. The highest BCUT2D eigenvalue weighted by Gasteiger charge is 2.10. The average Bonchev–Trinajstić information content (AvgIpc) is 2.00. The highest BCUT2D eigenvalue weighted by molar-refractivity contribution is 9.09. The van der Waals surface area contributed by atoms with Crippen molar-refractivity contribution >= 4 is 33.4 Å². The molecule has 0 radical (unpaired) electrons. The molecule has 0 saturated heterocycles. The minimum atomic E-state index is -0.139. The lowest BCUT2D eigenvalue weighted by Crippen LogP contribution is -2.37. The van der Waals surface area contributed by atoms with Gasteiger partial charge in [0, 0.05) is 6.04 Å². The normalized spacial score (nSPS) is 11.6. The summed E-state index contributed by atoms with van der Waals surface area (Å²) < 4.78 is 0. The Bertz CT molecular complexity index is 236. The van der Waals surface area contributed by atoms with E-state index in [9.17, 15) is 4.79 Å². The number of amidine groups is 2. The van der Waals surface area contributed by atoms with E-state index < -0.39 is 0 Å². The lowest BCUT2D eigenvalue weighted by atomic mass is 10.3. The van der Waals surface area contributed by atoms with Crippen LogP contribution in [-0.2, 0) is 4.79 Å². The van der Waals surface area contributed by atoms with E-state index in [0.29, 0.717) is 0 Å². The van der Waals surface area contributed by atoms with Gasteiger partial charge < -0.3 is 5.32 Å². The fourth-order valence-electron chi connectivity index (χ4n) is 0.680. The summed E-state index contributed by atoms with van der Waals surface area (Å²) in [5, 5.41) is 10.3. The Morgan fingerprint density at radius 2 is 2.15 bits per heavy atom. The second-order valence-electron chi connectivity index (χ2n) is 2.90. The summed E-state index contributed by atoms with van der Waals surface area (Å²) in [6.45, 7) is 5.36. The molecule has 2 N–H and O–H groups in total. The molecule has 74 valence electrons. The van der Waals surface area contributed by atoms with Crippen LogP contribution in [0.2, 0.25) is 0 Å². The third-order valence-electron chi connectivity index (χ3n) is 1.09. The van der Waals surface area contributed by atoms with E-state index >= 15 is 0 Å². The van der Waals surface area contributed by atoms with Gasteiger partial charge >= 0.3 is 0 Å². The third kappa shape index (κ3) is 5.52. The summed E-state index contributed by atoms with van der Waals surface area (Å²) in [7, 11) is 0. The SMILES string of the molecule is CC(=N)/N=C(\NC(C)C)C(=O)CBr. The van der Waals surface area contributed by atoms with Crippen LogP contribution in [0.5, 0.6) is 0 Å². The van der Waals surface area contributed by atoms with E-state index in [2.05, 4.69) is 26.2 Å². The van der Waals surface area contributed by atoms with Crippen molar-refractivity contribution in [3.63, 3.8) is 0 Å². The van der Waals surface area contributed by atoms with Gasteiger partial charge in [-0.3, -0.25) is 10.2 Å². The molecule has 13 heavy (non-hydrogen) atoms. The van der Waals surface area contributed by atoms with E-state index in [1.807, 2.05) is 13.8 Å². The molecule has 0 unspecified atom stereocenters. The smallest absolute Gasteiger partial charge is 0.208 e. The number of halogens is 1. The second kappa shape index (κ2) is 5.85. The highest BCUT2D eigenvalue weighted by Crippen LogP contribution is 1.89. The van der Waals surface area contributed by atoms with Crippen molar-refractivity contribution in [2.75, 3.05) is 5.33 Å². The van der Waals surface area contributed by atoms with Crippen LogP contribution in [0.15, 0.2) is 4.99 Å². The largest absolute Gasteiger partial charge is 0.365 e. The summed E-state index contributed by atoms with van der Waals surface area (Å²) in [5.74, 6) is 0.233. The summed E-state index contributed by atoms with van der Waals surface area (Å²) in [5.41, 5.74) is 0. The number of ketones is 1. The van der Waals surface area contributed by atoms with Gasteiger partial charge in [-0.2, -0.15) is 0 Å². The number of alkyl halides is 1. The van der Waals surface area contributed by atoms with Gasteiger partial charge in [0.25, 0.3) is 0 Å². The van der Waals surface area contributed by atoms with E-state index in [1.54, 1.807) is 0 Å². The minimum Gasteiger partial charge on any atom is -0.365 e. The van der Waals surface area contributed by atoms with Crippen LogP contribution in [0, 0.1) is 5.41 Å². The van der Waals surface area contributed by atoms with E-state index in [4.69, 9.17) is 5.41 Å². The van der Waals surface area contributed by atoms with Gasteiger partial charge in [-0.05, 0) is 20.8 Å². The molecule has 0 heterocycles. The first-order valence-corrected chi connectivity index (χ1v) is 5.09. The highest BCUT2D eigenvalue weighted by atomic mass is 79.9. The Morgan fingerprint density at radius 3 is 2.46 bits per heavy atom. The Hall–Kier alpha value is -0.710. The molecule has 0 spiro atoms. The maximum absolute atomic E-state index is 11.2. The number of nitrogens with one attached hydrogen (secondary N) is 2. The first-order valence-electron chi connectivity index (χ1n) is 3.97. The van der Waals surface area contributed by atoms with Gasteiger partial charge in [-0.1, -0.05) is 15.9 Å². The summed E-state index contributed by atoms with van der Waals surface area (Å²) in [4.78, 5) is 15.0. The monoisotopic (exact) mass is 247 g/mol. The molecule has 0 rings (SSSR count). The van der Waals surface area contributed by atoms with Crippen LogP contribution < -0.4 is 5.32 Å². The number of carbonyl (C=O) groups is 1. The molecule has 0 bridgehead atoms. The maximum Gasteiger partial charge on any atom is 0.208 e. The van der Waals surface area contributed by atoms with Gasteiger partial charge in [-0.15, -0.1) is 0 Å². The van der Waals surface area contributed by atoms with Crippen molar-refractivity contribution in [1.82, 2.24) is 5.32 Å². The van der Waals surface area contributed by atoms with E-state index in [-0.39, 0.29) is 28.8 Å². The standard InChI is InChI=1S/C8H14BrN3O/c1-5(2)11-8(7(13)4-9)12-6(3)10/h5H,4H2,1-3H3,(H2,10,11,12). The van der Waals surface area contributed by atoms with Crippen LogP contribution in [0.4, 0.5) is 0 Å². The molecule has 0 aromatic carbocycles. The lowest BCUT2D eigenvalue weighted by molar-refractivity contribution is -0.110. The van der Waals surface area contributed by atoms with E-state index in [1.165, 1.54) is 6.92 Å². The van der Waals surface area contributed by atoms with Crippen LogP contribution in [0.25, 0.3) is 0 Å². The maximum atomic E-state index is 11.2. The van der Waals surface area contributed by atoms with Crippen molar-refractivity contribution in [3.8, 4) is 0 Å². The van der Waals surface area contributed by atoms with Gasteiger partial charge in [0.15, 0.2) is 5.84 Å². The van der Waals surface area contributed by atoms with Crippen molar-refractivity contribution in [1.29, 1.82) is 5.41 Å². The van der Waals surface area contributed by atoms with E-state index in [0.717, 1.165) is 0 Å². The molecule has 0 amide bonds.